The normalized spacial score (nSPS) is 12.1. The van der Waals surface area contributed by atoms with Gasteiger partial charge < -0.3 is 4.57 Å². The van der Waals surface area contributed by atoms with Gasteiger partial charge in [-0.25, -0.2) is 15.0 Å². The summed E-state index contributed by atoms with van der Waals surface area (Å²) < 4.78 is 5.06. The zero-order valence-electron chi connectivity index (χ0n) is 28.9. The van der Waals surface area contributed by atoms with Crippen LogP contribution in [0.5, 0.6) is 0 Å². The Morgan fingerprint density at radius 2 is 0.981 bits per heavy atom. The average Bonchev–Trinajstić information content (AvgIpc) is 3.75. The maximum absolute atomic E-state index is 5.06. The van der Waals surface area contributed by atoms with Gasteiger partial charge in [0.1, 0.15) is 0 Å². The molecule has 0 radical (unpaired) electrons. The summed E-state index contributed by atoms with van der Waals surface area (Å²) in [6, 6.07) is 60.8. The van der Waals surface area contributed by atoms with Gasteiger partial charge in [0.05, 0.1) is 11.0 Å². The van der Waals surface area contributed by atoms with E-state index in [9.17, 15) is 0 Å². The Hall–Kier alpha value is -6.95. The van der Waals surface area contributed by atoms with E-state index < -0.39 is 0 Å². The molecule has 0 saturated heterocycles. The Balaban J connectivity index is 1.12. The third kappa shape index (κ3) is 4.27. The molecule has 0 amide bonds. The lowest BCUT2D eigenvalue weighted by molar-refractivity contribution is 1.07. The minimum Gasteiger partial charge on any atom is -0.309 e. The summed E-state index contributed by atoms with van der Waals surface area (Å²) in [5, 5.41) is 7.77. The quantitative estimate of drug-likeness (QED) is 0.183. The van der Waals surface area contributed by atoms with Crippen LogP contribution in [0.25, 0.3) is 115 Å². The van der Waals surface area contributed by atoms with Gasteiger partial charge in [0.25, 0.3) is 0 Å². The van der Waals surface area contributed by atoms with Crippen molar-refractivity contribution in [3.8, 4) is 62.1 Å². The summed E-state index contributed by atoms with van der Waals surface area (Å²) in [5.41, 5.74) is 11.4. The summed E-state index contributed by atoms with van der Waals surface area (Å²) in [4.78, 5) is 15.0. The molecule has 0 aliphatic heterocycles. The highest BCUT2D eigenvalue weighted by molar-refractivity contribution is 7.25. The van der Waals surface area contributed by atoms with E-state index in [-0.39, 0.29) is 0 Å². The summed E-state index contributed by atoms with van der Waals surface area (Å²) in [7, 11) is 0. The number of thiophene rings is 1. The molecule has 5 heteroatoms. The number of nitrogens with zero attached hydrogens (tertiary/aromatic N) is 4. The summed E-state index contributed by atoms with van der Waals surface area (Å²) in [6.07, 6.45) is 0. The molecule has 3 heterocycles. The van der Waals surface area contributed by atoms with Gasteiger partial charge in [-0.1, -0.05) is 127 Å². The molecule has 3 aromatic heterocycles. The first-order valence-electron chi connectivity index (χ1n) is 18.2. The molecule has 250 valence electrons. The lowest BCUT2D eigenvalue weighted by atomic mass is 9.92. The van der Waals surface area contributed by atoms with E-state index in [1.807, 2.05) is 72.0 Å². The molecule has 0 N–H and O–H groups in total. The van der Waals surface area contributed by atoms with E-state index >= 15 is 0 Å². The second-order valence-corrected chi connectivity index (χ2v) is 15.1. The fraction of sp³-hybridized carbons (Fsp3) is 0. The molecule has 1 aliphatic carbocycles. The van der Waals surface area contributed by atoms with E-state index in [1.165, 1.54) is 75.0 Å². The first-order chi connectivity index (χ1) is 26.8. The van der Waals surface area contributed by atoms with Crippen LogP contribution in [-0.4, -0.2) is 19.5 Å². The Morgan fingerprint density at radius 3 is 1.76 bits per heavy atom. The minimum absolute atomic E-state index is 0.640. The van der Waals surface area contributed by atoms with Crippen LogP contribution < -0.4 is 0 Å². The molecule has 1 aliphatic rings. The van der Waals surface area contributed by atoms with Gasteiger partial charge >= 0.3 is 0 Å². The van der Waals surface area contributed by atoms with Crippen LogP contribution in [-0.2, 0) is 0 Å². The first kappa shape index (κ1) is 29.6. The number of fused-ring (bicyclic) bond motifs is 6. The van der Waals surface area contributed by atoms with Crippen LogP contribution in [0.3, 0.4) is 0 Å². The maximum atomic E-state index is 5.06. The first-order valence-corrected chi connectivity index (χ1v) is 19.0. The van der Waals surface area contributed by atoms with Crippen molar-refractivity contribution in [2.45, 2.75) is 0 Å². The fourth-order valence-electron chi connectivity index (χ4n) is 8.59. The minimum atomic E-state index is 0.640. The molecule has 0 atom stereocenters. The molecule has 54 heavy (non-hydrogen) atoms. The van der Waals surface area contributed by atoms with Crippen LogP contribution in [0.15, 0.2) is 170 Å². The number of aromatic nitrogens is 4. The van der Waals surface area contributed by atoms with Gasteiger partial charge in [0.2, 0.25) is 0 Å². The molecular weight excluding hydrogens is 677 g/mol. The van der Waals surface area contributed by atoms with Crippen molar-refractivity contribution in [3.05, 3.63) is 170 Å². The van der Waals surface area contributed by atoms with E-state index in [1.54, 1.807) is 0 Å². The molecule has 0 unspecified atom stereocenters. The molecule has 11 aromatic rings. The third-order valence-electron chi connectivity index (χ3n) is 11.0. The second kappa shape index (κ2) is 11.3. The fourth-order valence-corrected chi connectivity index (χ4v) is 9.72. The van der Waals surface area contributed by atoms with Crippen LogP contribution in [0.2, 0.25) is 0 Å². The SMILES string of the molecule is c1ccc(-c2nc(-c3ccccc3)nc(-c3cccc(-n4c5cccc6c5c5c7c(cccc7ccc54)-c4cc5c(cc4-6)sc4ccccc45)c3)n2)cc1. The van der Waals surface area contributed by atoms with Gasteiger partial charge in [-0.2, -0.15) is 0 Å². The highest BCUT2D eigenvalue weighted by Crippen LogP contribution is 2.51. The van der Waals surface area contributed by atoms with E-state index in [4.69, 9.17) is 15.0 Å². The zero-order chi connectivity index (χ0) is 35.3. The van der Waals surface area contributed by atoms with Gasteiger partial charge in [-0.05, 0) is 75.5 Å². The number of hydrogen-bond donors (Lipinski definition) is 0. The van der Waals surface area contributed by atoms with Crippen LogP contribution in [0.1, 0.15) is 0 Å². The van der Waals surface area contributed by atoms with Crippen molar-refractivity contribution in [1.29, 1.82) is 0 Å². The summed E-state index contributed by atoms with van der Waals surface area (Å²) in [5.74, 6) is 1.94. The highest BCUT2D eigenvalue weighted by atomic mass is 32.1. The predicted molar refractivity (Wildman–Crippen MR) is 225 cm³/mol. The number of hydrogen-bond acceptors (Lipinski definition) is 4. The van der Waals surface area contributed by atoms with Gasteiger partial charge in [0.15, 0.2) is 17.5 Å². The van der Waals surface area contributed by atoms with E-state index in [2.05, 4.69) is 114 Å². The zero-order valence-corrected chi connectivity index (χ0v) is 29.7. The number of benzene rings is 8. The number of rotatable bonds is 4. The van der Waals surface area contributed by atoms with Crippen molar-refractivity contribution in [3.63, 3.8) is 0 Å². The van der Waals surface area contributed by atoms with Crippen molar-refractivity contribution in [2.24, 2.45) is 0 Å². The van der Waals surface area contributed by atoms with Crippen LogP contribution in [0.4, 0.5) is 0 Å². The van der Waals surface area contributed by atoms with Crippen molar-refractivity contribution in [2.75, 3.05) is 0 Å². The second-order valence-electron chi connectivity index (χ2n) is 14.0. The molecule has 4 nitrogen and oxygen atoms in total. The van der Waals surface area contributed by atoms with E-state index in [0.717, 1.165) is 22.4 Å². The van der Waals surface area contributed by atoms with Crippen LogP contribution in [0, 0.1) is 0 Å². The summed E-state index contributed by atoms with van der Waals surface area (Å²) in [6.45, 7) is 0. The topological polar surface area (TPSA) is 43.6 Å². The van der Waals surface area contributed by atoms with Crippen molar-refractivity contribution >= 4 is 64.1 Å². The molecular formula is C49H28N4S. The van der Waals surface area contributed by atoms with E-state index in [0.29, 0.717) is 17.5 Å². The van der Waals surface area contributed by atoms with Crippen LogP contribution >= 0.6 is 11.3 Å². The monoisotopic (exact) mass is 704 g/mol. The van der Waals surface area contributed by atoms with Crippen molar-refractivity contribution in [1.82, 2.24) is 19.5 Å². The Labute approximate surface area is 314 Å². The predicted octanol–water partition coefficient (Wildman–Crippen LogP) is 13.1. The molecule has 8 aromatic carbocycles. The summed E-state index contributed by atoms with van der Waals surface area (Å²) >= 11 is 1.88. The molecule has 12 rings (SSSR count). The lowest BCUT2D eigenvalue weighted by Crippen LogP contribution is -2.01. The highest BCUT2D eigenvalue weighted by Gasteiger charge is 2.26. The van der Waals surface area contributed by atoms with Gasteiger partial charge in [0, 0.05) is 53.3 Å². The smallest absolute Gasteiger partial charge is 0.164 e. The Morgan fingerprint density at radius 1 is 0.370 bits per heavy atom. The molecule has 0 spiro atoms. The van der Waals surface area contributed by atoms with Crippen molar-refractivity contribution < 1.29 is 0 Å². The largest absolute Gasteiger partial charge is 0.309 e. The molecule has 0 bridgehead atoms. The Bertz CT molecular complexity index is 3270. The van der Waals surface area contributed by atoms with Gasteiger partial charge in [-0.15, -0.1) is 11.3 Å². The average molecular weight is 705 g/mol. The maximum Gasteiger partial charge on any atom is 0.164 e. The third-order valence-corrected chi connectivity index (χ3v) is 12.1. The Kier molecular flexibility index (Phi) is 6.18. The lowest BCUT2D eigenvalue weighted by Gasteiger charge is -2.15. The standard InChI is InChI=1S/C49H28N4S/c1-3-12-30(13-4-1)47-50-48(31-14-5-2-6-15-31)52-49(51-47)32-17-9-18-33(26-32)53-40-22-11-21-36-38-28-43-39(34-19-7-8-23-42(34)54-43)27-37(38)35-20-10-16-29-24-25-41(53)46(44(29)35)45(36)40/h1-28H. The molecule has 0 saturated carbocycles. The molecule has 0 fully saturated rings. The van der Waals surface area contributed by atoms with Gasteiger partial charge in [-0.3, -0.25) is 0 Å².